The molecule has 1 saturated heterocycles. The van der Waals surface area contributed by atoms with Crippen LogP contribution in [0.5, 0.6) is 0 Å². The quantitative estimate of drug-likeness (QED) is 0.855. The molecule has 1 aliphatic heterocycles. The Morgan fingerprint density at radius 1 is 1.47 bits per heavy atom. The lowest BCUT2D eigenvalue weighted by atomic mass is 10.0. The molecular weight excluding hydrogens is 283 g/mol. The van der Waals surface area contributed by atoms with Gasteiger partial charge in [0.25, 0.3) is 0 Å². The van der Waals surface area contributed by atoms with Crippen molar-refractivity contribution >= 4 is 26.8 Å². The normalized spacial score (nSPS) is 20.3. The van der Waals surface area contributed by atoms with E-state index in [1.807, 2.05) is 6.07 Å². The number of nitrogens with one attached hydrogen (secondary N) is 1. The molecule has 17 heavy (non-hydrogen) atoms. The molecule has 1 aliphatic rings. The first-order chi connectivity index (χ1) is 8.18. The molecule has 2 nitrogen and oxygen atoms in total. The third kappa shape index (κ3) is 1.70. The van der Waals surface area contributed by atoms with Crippen LogP contribution < -0.4 is 5.32 Å². The van der Waals surface area contributed by atoms with E-state index < -0.39 is 0 Å². The highest BCUT2D eigenvalue weighted by molar-refractivity contribution is 9.10. The number of hydrogen-bond donors (Lipinski definition) is 1. The fraction of sp³-hybridized carbons (Fsp3) is 0.385. The van der Waals surface area contributed by atoms with Gasteiger partial charge in [0.2, 0.25) is 0 Å². The van der Waals surface area contributed by atoms with Gasteiger partial charge in [-0.25, -0.2) is 4.39 Å². The molecule has 0 spiro atoms. The molecule has 2 aromatic rings. The number of aryl methyl sites for hydroxylation is 1. The molecule has 1 unspecified atom stereocenters. The largest absolute Gasteiger partial charge is 0.346 e. The van der Waals surface area contributed by atoms with Gasteiger partial charge < -0.3 is 9.88 Å². The fourth-order valence-corrected chi connectivity index (χ4v) is 3.64. The second kappa shape index (κ2) is 4.10. The maximum Gasteiger partial charge on any atom is 0.123 e. The van der Waals surface area contributed by atoms with Crippen LogP contribution in [0.1, 0.15) is 18.0 Å². The van der Waals surface area contributed by atoms with E-state index in [1.54, 1.807) is 6.07 Å². The summed E-state index contributed by atoms with van der Waals surface area (Å²) in [5.74, 6) is 0.338. The van der Waals surface area contributed by atoms with E-state index in [4.69, 9.17) is 0 Å². The van der Waals surface area contributed by atoms with Crippen molar-refractivity contribution in [1.29, 1.82) is 0 Å². The van der Waals surface area contributed by atoms with Crippen LogP contribution in [0.2, 0.25) is 0 Å². The van der Waals surface area contributed by atoms with Gasteiger partial charge in [-0.2, -0.15) is 0 Å². The molecule has 90 valence electrons. The van der Waals surface area contributed by atoms with Crippen molar-refractivity contribution in [3.8, 4) is 0 Å². The van der Waals surface area contributed by atoms with E-state index in [0.29, 0.717) is 5.92 Å². The van der Waals surface area contributed by atoms with Crippen molar-refractivity contribution < 1.29 is 4.39 Å². The van der Waals surface area contributed by atoms with Crippen LogP contribution in [-0.4, -0.2) is 17.7 Å². The van der Waals surface area contributed by atoms with Crippen LogP contribution in [0.3, 0.4) is 0 Å². The Balaban J connectivity index is 2.24. The summed E-state index contributed by atoms with van der Waals surface area (Å²) >= 11 is 3.63. The first-order valence-corrected chi connectivity index (χ1v) is 6.62. The van der Waals surface area contributed by atoms with E-state index in [1.165, 1.54) is 11.8 Å². The number of hydrogen-bond acceptors (Lipinski definition) is 1. The third-order valence-electron chi connectivity index (χ3n) is 3.59. The Morgan fingerprint density at radius 2 is 2.29 bits per heavy atom. The molecule has 1 aromatic carbocycles. The van der Waals surface area contributed by atoms with Gasteiger partial charge in [-0.1, -0.05) is 0 Å². The molecule has 1 aromatic heterocycles. The average molecular weight is 297 g/mol. The van der Waals surface area contributed by atoms with Crippen molar-refractivity contribution in [3.63, 3.8) is 0 Å². The van der Waals surface area contributed by atoms with Crippen LogP contribution in [0, 0.1) is 5.82 Å². The zero-order chi connectivity index (χ0) is 12.0. The van der Waals surface area contributed by atoms with Gasteiger partial charge in [-0.15, -0.1) is 0 Å². The first-order valence-electron chi connectivity index (χ1n) is 5.82. The molecule has 0 aliphatic carbocycles. The molecule has 3 rings (SSSR count). The number of fused-ring (bicyclic) bond motifs is 1. The monoisotopic (exact) mass is 296 g/mol. The number of rotatable bonds is 1. The molecule has 1 N–H and O–H groups in total. The average Bonchev–Trinajstić information content (AvgIpc) is 2.88. The minimum atomic E-state index is -0.181. The summed E-state index contributed by atoms with van der Waals surface area (Å²) in [5, 5.41) is 4.34. The van der Waals surface area contributed by atoms with Gasteiger partial charge in [-0.3, -0.25) is 0 Å². The summed E-state index contributed by atoms with van der Waals surface area (Å²) in [6.07, 6.45) is 1.14. The second-order valence-corrected chi connectivity index (χ2v) is 5.40. The molecule has 0 saturated carbocycles. The number of halogens is 2. The smallest absolute Gasteiger partial charge is 0.123 e. The molecule has 0 amide bonds. The summed E-state index contributed by atoms with van der Waals surface area (Å²) in [5.41, 5.74) is 2.36. The molecule has 2 heterocycles. The van der Waals surface area contributed by atoms with E-state index >= 15 is 0 Å². The molecule has 4 heteroatoms. The summed E-state index contributed by atoms with van der Waals surface area (Å²) < 4.78 is 16.5. The predicted octanol–water partition coefficient (Wildman–Crippen LogP) is 3.16. The van der Waals surface area contributed by atoms with Crippen molar-refractivity contribution in [2.45, 2.75) is 12.3 Å². The van der Waals surface area contributed by atoms with Gasteiger partial charge in [0.1, 0.15) is 5.82 Å². The van der Waals surface area contributed by atoms with Gasteiger partial charge in [-0.05, 0) is 47.1 Å². The SMILES string of the molecule is Cn1c(C2CCNC2)c(Br)c2cc(F)ccc21. The van der Waals surface area contributed by atoms with Crippen LogP contribution in [0.4, 0.5) is 4.39 Å². The van der Waals surface area contributed by atoms with Gasteiger partial charge in [0, 0.05) is 40.6 Å². The van der Waals surface area contributed by atoms with Gasteiger partial charge in [0.05, 0.1) is 0 Å². The summed E-state index contributed by atoms with van der Waals surface area (Å²) in [4.78, 5) is 0. The van der Waals surface area contributed by atoms with Crippen LogP contribution in [0.25, 0.3) is 10.9 Å². The lowest BCUT2D eigenvalue weighted by Gasteiger charge is -2.11. The lowest BCUT2D eigenvalue weighted by molar-refractivity contribution is 0.629. The highest BCUT2D eigenvalue weighted by atomic mass is 79.9. The summed E-state index contributed by atoms with van der Waals surface area (Å²) in [7, 11) is 2.05. The van der Waals surface area contributed by atoms with E-state index in [2.05, 4.69) is 32.9 Å². The highest BCUT2D eigenvalue weighted by Crippen LogP contribution is 2.37. The van der Waals surface area contributed by atoms with Crippen molar-refractivity contribution in [1.82, 2.24) is 9.88 Å². The Hall–Kier alpha value is -0.870. The minimum absolute atomic E-state index is 0.181. The third-order valence-corrected chi connectivity index (χ3v) is 4.42. The van der Waals surface area contributed by atoms with Crippen molar-refractivity contribution in [2.24, 2.45) is 7.05 Å². The number of aromatic nitrogens is 1. The summed E-state index contributed by atoms with van der Waals surface area (Å²) in [6, 6.07) is 4.97. The van der Waals surface area contributed by atoms with Gasteiger partial charge in [0.15, 0.2) is 0 Å². The Bertz CT molecular complexity index is 570. The number of nitrogens with zero attached hydrogens (tertiary/aromatic N) is 1. The summed E-state index contributed by atoms with van der Waals surface area (Å²) in [6.45, 7) is 2.07. The second-order valence-electron chi connectivity index (χ2n) is 4.61. The molecule has 1 fully saturated rings. The van der Waals surface area contributed by atoms with Crippen LogP contribution in [0.15, 0.2) is 22.7 Å². The fourth-order valence-electron chi connectivity index (χ4n) is 2.73. The predicted molar refractivity (Wildman–Crippen MR) is 70.8 cm³/mol. The Kier molecular flexibility index (Phi) is 2.71. The number of benzene rings is 1. The maximum absolute atomic E-state index is 13.3. The highest BCUT2D eigenvalue weighted by Gasteiger charge is 2.24. The van der Waals surface area contributed by atoms with Crippen LogP contribution in [-0.2, 0) is 7.05 Å². The molecule has 1 atom stereocenters. The Morgan fingerprint density at radius 3 is 3.00 bits per heavy atom. The van der Waals surface area contributed by atoms with Crippen molar-refractivity contribution in [3.05, 3.63) is 34.2 Å². The molecule has 0 radical (unpaired) electrons. The standard InChI is InChI=1S/C13H14BrFN2/c1-17-11-3-2-9(15)6-10(11)12(14)13(17)8-4-5-16-7-8/h2-3,6,8,16H,4-5,7H2,1H3. The van der Waals surface area contributed by atoms with E-state index in [9.17, 15) is 4.39 Å². The lowest BCUT2D eigenvalue weighted by Crippen LogP contribution is -2.10. The van der Waals surface area contributed by atoms with E-state index in [-0.39, 0.29) is 5.82 Å². The molecular formula is C13H14BrFN2. The Labute approximate surface area is 108 Å². The maximum atomic E-state index is 13.3. The van der Waals surface area contributed by atoms with Gasteiger partial charge >= 0.3 is 0 Å². The zero-order valence-corrected chi connectivity index (χ0v) is 11.2. The first kappa shape index (κ1) is 11.2. The van der Waals surface area contributed by atoms with E-state index in [0.717, 1.165) is 34.9 Å². The zero-order valence-electron chi connectivity index (χ0n) is 9.63. The molecule has 0 bridgehead atoms. The minimum Gasteiger partial charge on any atom is -0.346 e. The van der Waals surface area contributed by atoms with Crippen LogP contribution >= 0.6 is 15.9 Å². The topological polar surface area (TPSA) is 17.0 Å². The van der Waals surface area contributed by atoms with Crippen molar-refractivity contribution in [2.75, 3.05) is 13.1 Å².